The van der Waals surface area contributed by atoms with Crippen molar-refractivity contribution in [2.75, 3.05) is 0 Å². The predicted octanol–water partition coefficient (Wildman–Crippen LogP) is -0.336. The molecule has 0 radical (unpaired) electrons. The van der Waals surface area contributed by atoms with E-state index >= 15 is 0 Å². The Morgan fingerprint density at radius 3 is 1.86 bits per heavy atom. The Morgan fingerprint density at radius 1 is 1.21 bits per heavy atom. The standard InChI is InChI=1S/C6H3BrCl2O3S.Na/c7-3-1-4(8)6(5(9)2-3)13(10,11)12;/h1-2H,(H,10,11,12);/q;+1/p-1. The summed E-state index contributed by atoms with van der Waals surface area (Å²) in [5, 5.41) is -0.372. The van der Waals surface area contributed by atoms with Gasteiger partial charge in [-0.2, -0.15) is 0 Å². The van der Waals surface area contributed by atoms with Crippen molar-refractivity contribution < 1.29 is 42.5 Å². The summed E-state index contributed by atoms with van der Waals surface area (Å²) >= 11 is 14.1. The molecule has 0 atom stereocenters. The molecule has 1 rings (SSSR count). The maximum Gasteiger partial charge on any atom is 1.00 e. The van der Waals surface area contributed by atoms with Gasteiger partial charge < -0.3 is 4.55 Å². The van der Waals surface area contributed by atoms with E-state index in [1.807, 2.05) is 0 Å². The van der Waals surface area contributed by atoms with Gasteiger partial charge in [-0.15, -0.1) is 0 Å². The van der Waals surface area contributed by atoms with Gasteiger partial charge in [0, 0.05) is 4.47 Å². The van der Waals surface area contributed by atoms with Crippen LogP contribution < -0.4 is 29.6 Å². The number of halogens is 3. The fraction of sp³-hybridized carbons (Fsp3) is 0. The van der Waals surface area contributed by atoms with Gasteiger partial charge >= 0.3 is 29.6 Å². The molecule has 0 aliphatic rings. The third-order valence-corrected chi connectivity index (χ3v) is 3.43. The van der Waals surface area contributed by atoms with Crippen LogP contribution in [0.3, 0.4) is 0 Å². The molecule has 0 aromatic heterocycles. The smallest absolute Gasteiger partial charge is 0.744 e. The van der Waals surface area contributed by atoms with Crippen molar-refractivity contribution in [3.8, 4) is 0 Å². The van der Waals surface area contributed by atoms with Crippen LogP contribution in [-0.4, -0.2) is 13.0 Å². The van der Waals surface area contributed by atoms with Crippen LogP contribution in [-0.2, 0) is 10.1 Å². The van der Waals surface area contributed by atoms with Gasteiger partial charge in [0.2, 0.25) is 0 Å². The van der Waals surface area contributed by atoms with Crippen molar-refractivity contribution in [1.29, 1.82) is 0 Å². The minimum absolute atomic E-state index is 0. The number of rotatable bonds is 1. The summed E-state index contributed by atoms with van der Waals surface area (Å²) in [6.45, 7) is 0. The Bertz CT molecular complexity index is 425. The first-order valence-electron chi connectivity index (χ1n) is 2.93. The van der Waals surface area contributed by atoms with Crippen molar-refractivity contribution in [1.82, 2.24) is 0 Å². The minimum Gasteiger partial charge on any atom is -0.744 e. The summed E-state index contributed by atoms with van der Waals surface area (Å²) in [6, 6.07) is 2.58. The number of hydrogen-bond donors (Lipinski definition) is 0. The first-order valence-corrected chi connectivity index (χ1v) is 5.88. The van der Waals surface area contributed by atoms with E-state index in [1.165, 1.54) is 12.1 Å². The zero-order valence-electron chi connectivity index (χ0n) is 6.92. The molecular weight excluding hydrogens is 326 g/mol. The van der Waals surface area contributed by atoms with Crippen LogP contribution in [0, 0.1) is 0 Å². The molecule has 0 fully saturated rings. The van der Waals surface area contributed by atoms with Crippen molar-refractivity contribution in [3.63, 3.8) is 0 Å². The molecule has 0 spiro atoms. The Hall–Kier alpha value is 1.19. The average Bonchev–Trinajstić information content (AvgIpc) is 1.78. The molecular formula is C6H2BrCl2NaO3S. The SMILES string of the molecule is O=S(=O)([O-])c1c(Cl)cc(Br)cc1Cl.[Na+]. The van der Waals surface area contributed by atoms with E-state index in [4.69, 9.17) is 23.2 Å². The third-order valence-electron chi connectivity index (χ3n) is 1.21. The molecule has 0 aliphatic carbocycles. The molecule has 1 aromatic carbocycles. The second-order valence-electron chi connectivity index (χ2n) is 2.15. The largest absolute Gasteiger partial charge is 1.00 e. The molecule has 1 aromatic rings. The Balaban J connectivity index is 0.00000169. The van der Waals surface area contributed by atoms with Crippen molar-refractivity contribution in [3.05, 3.63) is 26.7 Å². The second-order valence-corrected chi connectivity index (χ2v) is 5.20. The van der Waals surface area contributed by atoms with Gasteiger partial charge in [-0.25, -0.2) is 8.42 Å². The predicted molar refractivity (Wildman–Crippen MR) is 52.1 cm³/mol. The summed E-state index contributed by atoms with van der Waals surface area (Å²) < 4.78 is 32.4. The van der Waals surface area contributed by atoms with Gasteiger partial charge in [0.05, 0.1) is 14.9 Å². The van der Waals surface area contributed by atoms with E-state index in [2.05, 4.69) is 15.9 Å². The molecule has 72 valence electrons. The van der Waals surface area contributed by atoms with Crippen LogP contribution in [0.4, 0.5) is 0 Å². The Kier molecular flexibility index (Phi) is 5.97. The maximum absolute atomic E-state index is 10.6. The zero-order valence-corrected chi connectivity index (χ0v) is 12.8. The van der Waals surface area contributed by atoms with E-state index in [9.17, 15) is 13.0 Å². The van der Waals surface area contributed by atoms with Gasteiger partial charge in [-0.3, -0.25) is 0 Å². The fourth-order valence-corrected chi connectivity index (χ4v) is 3.14. The second kappa shape index (κ2) is 5.50. The molecule has 0 N–H and O–H groups in total. The quantitative estimate of drug-likeness (QED) is 0.524. The Morgan fingerprint density at radius 2 is 1.57 bits per heavy atom. The molecule has 14 heavy (non-hydrogen) atoms. The van der Waals surface area contributed by atoms with Crippen LogP contribution in [0.15, 0.2) is 21.5 Å². The maximum atomic E-state index is 10.6. The summed E-state index contributed by atoms with van der Waals surface area (Å²) in [5.74, 6) is 0. The molecule has 0 amide bonds. The molecule has 0 saturated heterocycles. The molecule has 8 heteroatoms. The van der Waals surface area contributed by atoms with Crippen molar-refractivity contribution in [2.45, 2.75) is 4.90 Å². The van der Waals surface area contributed by atoms with Crippen LogP contribution in [0.2, 0.25) is 10.0 Å². The fourth-order valence-electron chi connectivity index (χ4n) is 0.768. The van der Waals surface area contributed by atoms with E-state index in [1.54, 1.807) is 0 Å². The van der Waals surface area contributed by atoms with Crippen LogP contribution in [0.25, 0.3) is 0 Å². The van der Waals surface area contributed by atoms with Gasteiger partial charge in [0.15, 0.2) is 0 Å². The molecule has 0 heterocycles. The van der Waals surface area contributed by atoms with E-state index in [0.29, 0.717) is 4.47 Å². The first kappa shape index (κ1) is 15.2. The molecule has 0 unspecified atom stereocenters. The number of hydrogen-bond acceptors (Lipinski definition) is 3. The van der Waals surface area contributed by atoms with Crippen LogP contribution in [0.5, 0.6) is 0 Å². The van der Waals surface area contributed by atoms with E-state index in [-0.39, 0.29) is 39.6 Å². The van der Waals surface area contributed by atoms with E-state index < -0.39 is 15.0 Å². The molecule has 0 bridgehead atoms. The summed E-state index contributed by atoms with van der Waals surface area (Å²) in [6.07, 6.45) is 0. The molecule has 0 aliphatic heterocycles. The van der Waals surface area contributed by atoms with Crippen LogP contribution >= 0.6 is 39.1 Å². The summed E-state index contributed by atoms with van der Waals surface area (Å²) in [4.78, 5) is -0.584. The molecule has 0 saturated carbocycles. The van der Waals surface area contributed by atoms with Crippen LogP contribution in [0.1, 0.15) is 0 Å². The summed E-state index contributed by atoms with van der Waals surface area (Å²) in [7, 11) is -4.62. The zero-order chi connectivity index (χ0) is 10.2. The van der Waals surface area contributed by atoms with Crippen molar-refractivity contribution >= 4 is 49.2 Å². The third kappa shape index (κ3) is 3.64. The summed E-state index contributed by atoms with van der Waals surface area (Å²) in [5.41, 5.74) is 0. The first-order chi connectivity index (χ1) is 5.82. The Labute approximate surface area is 122 Å². The average molecular weight is 328 g/mol. The van der Waals surface area contributed by atoms with E-state index in [0.717, 1.165) is 0 Å². The normalized spacial score (nSPS) is 10.9. The molecule has 3 nitrogen and oxygen atoms in total. The number of benzene rings is 1. The monoisotopic (exact) mass is 326 g/mol. The van der Waals surface area contributed by atoms with Gasteiger partial charge in [-0.1, -0.05) is 39.1 Å². The van der Waals surface area contributed by atoms with Gasteiger partial charge in [-0.05, 0) is 12.1 Å². The van der Waals surface area contributed by atoms with Gasteiger partial charge in [0.25, 0.3) is 0 Å². The van der Waals surface area contributed by atoms with Gasteiger partial charge in [0.1, 0.15) is 10.1 Å². The minimum atomic E-state index is -4.62. The topological polar surface area (TPSA) is 57.2 Å². The van der Waals surface area contributed by atoms with Crippen molar-refractivity contribution in [2.24, 2.45) is 0 Å².